The second-order valence-corrected chi connectivity index (χ2v) is 7.52. The lowest BCUT2D eigenvalue weighted by molar-refractivity contribution is -0.116. The van der Waals surface area contributed by atoms with E-state index in [9.17, 15) is 13.2 Å². The maximum Gasteiger partial charge on any atom is 0.239 e. The van der Waals surface area contributed by atoms with Gasteiger partial charge in [-0.25, -0.2) is 8.42 Å². The minimum atomic E-state index is -3.57. The molecule has 2 heterocycles. The van der Waals surface area contributed by atoms with Gasteiger partial charge in [0.15, 0.2) is 0 Å². The van der Waals surface area contributed by atoms with Crippen LogP contribution in [0.15, 0.2) is 59.3 Å². The highest BCUT2D eigenvalue weighted by atomic mass is 32.2. The summed E-state index contributed by atoms with van der Waals surface area (Å²) in [6, 6.07) is 12.4. The molecule has 0 spiro atoms. The molecule has 0 aliphatic heterocycles. The Labute approximate surface area is 145 Å². The van der Waals surface area contributed by atoms with Crippen LogP contribution in [0.25, 0.3) is 10.9 Å². The Bertz CT molecular complexity index is 979. The predicted molar refractivity (Wildman–Crippen MR) is 94.3 cm³/mol. The summed E-state index contributed by atoms with van der Waals surface area (Å²) in [7, 11) is -3.57. The maximum absolute atomic E-state index is 12.4. The molecule has 8 heteroatoms. The predicted octanol–water partition coefficient (Wildman–Crippen LogP) is 2.23. The average Bonchev–Trinajstić information content (AvgIpc) is 3.07. The Morgan fingerprint density at radius 2 is 2.00 bits per heavy atom. The van der Waals surface area contributed by atoms with Crippen molar-refractivity contribution in [1.29, 1.82) is 0 Å². The molecular formula is C17H17N3O4S. The molecule has 130 valence electrons. The van der Waals surface area contributed by atoms with Crippen LogP contribution >= 0.6 is 0 Å². The molecule has 0 aliphatic rings. The SMILES string of the molecule is CS(=O)(=O)N(CC(=O)Nc1cccc2cccnc12)Cc1ccco1. The number of carbonyl (C=O) groups is 1. The van der Waals surface area contributed by atoms with Gasteiger partial charge < -0.3 is 9.73 Å². The lowest BCUT2D eigenvalue weighted by Crippen LogP contribution is -2.36. The highest BCUT2D eigenvalue weighted by Gasteiger charge is 2.22. The van der Waals surface area contributed by atoms with Gasteiger partial charge in [0.05, 0.1) is 36.8 Å². The number of furan rings is 1. The van der Waals surface area contributed by atoms with Crippen LogP contribution in [0, 0.1) is 0 Å². The summed E-state index contributed by atoms with van der Waals surface area (Å²) in [4.78, 5) is 16.6. The van der Waals surface area contributed by atoms with Crippen molar-refractivity contribution >= 4 is 32.5 Å². The summed E-state index contributed by atoms with van der Waals surface area (Å²) in [5.41, 5.74) is 1.19. The number of rotatable bonds is 6. The highest BCUT2D eigenvalue weighted by Crippen LogP contribution is 2.20. The van der Waals surface area contributed by atoms with E-state index < -0.39 is 15.9 Å². The molecule has 3 rings (SSSR count). The van der Waals surface area contributed by atoms with Crippen molar-refractivity contribution in [1.82, 2.24) is 9.29 Å². The normalized spacial score (nSPS) is 11.8. The molecule has 2 aromatic heterocycles. The summed E-state index contributed by atoms with van der Waals surface area (Å²) < 4.78 is 30.1. The zero-order valence-electron chi connectivity index (χ0n) is 13.5. The van der Waals surface area contributed by atoms with E-state index in [2.05, 4.69) is 10.3 Å². The van der Waals surface area contributed by atoms with Gasteiger partial charge >= 0.3 is 0 Å². The first-order valence-corrected chi connectivity index (χ1v) is 9.39. The van der Waals surface area contributed by atoms with E-state index >= 15 is 0 Å². The molecule has 1 amide bonds. The third kappa shape index (κ3) is 4.23. The molecule has 0 aliphatic carbocycles. The second kappa shape index (κ2) is 7.04. The van der Waals surface area contributed by atoms with Crippen LogP contribution in [-0.2, 0) is 21.4 Å². The number of hydrogen-bond acceptors (Lipinski definition) is 5. The van der Waals surface area contributed by atoms with Crippen molar-refractivity contribution in [3.63, 3.8) is 0 Å². The average molecular weight is 359 g/mol. The molecule has 1 N–H and O–H groups in total. The topological polar surface area (TPSA) is 92.5 Å². The number of carbonyl (C=O) groups excluding carboxylic acids is 1. The number of para-hydroxylation sites is 1. The zero-order chi connectivity index (χ0) is 17.9. The van der Waals surface area contributed by atoms with E-state index in [0.717, 1.165) is 15.9 Å². The van der Waals surface area contributed by atoms with E-state index in [1.165, 1.54) is 6.26 Å². The van der Waals surface area contributed by atoms with Crippen molar-refractivity contribution in [2.45, 2.75) is 6.54 Å². The monoisotopic (exact) mass is 359 g/mol. The van der Waals surface area contributed by atoms with Crippen molar-refractivity contribution < 1.29 is 17.6 Å². The van der Waals surface area contributed by atoms with Crippen molar-refractivity contribution in [2.24, 2.45) is 0 Å². The van der Waals surface area contributed by atoms with Crippen LogP contribution in [0.5, 0.6) is 0 Å². The Kier molecular flexibility index (Phi) is 4.82. The number of anilines is 1. The first-order valence-electron chi connectivity index (χ1n) is 7.54. The van der Waals surface area contributed by atoms with Crippen LogP contribution in [0.4, 0.5) is 5.69 Å². The molecule has 0 atom stereocenters. The van der Waals surface area contributed by atoms with Gasteiger partial charge in [0, 0.05) is 11.6 Å². The van der Waals surface area contributed by atoms with Gasteiger partial charge in [0.25, 0.3) is 0 Å². The van der Waals surface area contributed by atoms with Gasteiger partial charge in [-0.1, -0.05) is 18.2 Å². The quantitative estimate of drug-likeness (QED) is 0.728. The molecule has 3 aromatic rings. The molecule has 7 nitrogen and oxygen atoms in total. The molecular weight excluding hydrogens is 342 g/mol. The van der Waals surface area contributed by atoms with Crippen LogP contribution in [0.3, 0.4) is 0 Å². The molecule has 0 unspecified atom stereocenters. The van der Waals surface area contributed by atoms with Crippen LogP contribution < -0.4 is 5.32 Å². The molecule has 0 bridgehead atoms. The van der Waals surface area contributed by atoms with Gasteiger partial charge in [0.2, 0.25) is 15.9 Å². The minimum absolute atomic E-state index is 0.00690. The summed E-state index contributed by atoms with van der Waals surface area (Å²) in [5.74, 6) is 0.0141. The summed E-state index contributed by atoms with van der Waals surface area (Å²) in [6.45, 7) is -0.324. The smallest absolute Gasteiger partial charge is 0.239 e. The molecule has 25 heavy (non-hydrogen) atoms. The number of amides is 1. The minimum Gasteiger partial charge on any atom is -0.468 e. The molecule has 0 saturated heterocycles. The third-order valence-corrected chi connectivity index (χ3v) is 4.80. The van der Waals surface area contributed by atoms with E-state index in [4.69, 9.17) is 4.42 Å². The Morgan fingerprint density at radius 1 is 1.20 bits per heavy atom. The zero-order valence-corrected chi connectivity index (χ0v) is 14.4. The third-order valence-electron chi connectivity index (χ3n) is 3.61. The molecule has 0 saturated carbocycles. The summed E-state index contributed by atoms with van der Waals surface area (Å²) in [6.07, 6.45) is 4.15. The lowest BCUT2D eigenvalue weighted by atomic mass is 10.2. The first kappa shape index (κ1) is 17.1. The Morgan fingerprint density at radius 3 is 2.72 bits per heavy atom. The Hall–Kier alpha value is -2.71. The first-order chi connectivity index (χ1) is 11.9. The maximum atomic E-state index is 12.4. The number of aromatic nitrogens is 1. The fraction of sp³-hybridized carbons (Fsp3) is 0.176. The second-order valence-electron chi connectivity index (χ2n) is 5.54. The molecule has 1 aromatic carbocycles. The summed E-state index contributed by atoms with van der Waals surface area (Å²) in [5, 5.41) is 3.61. The standard InChI is InChI=1S/C17H17N3O4S/c1-25(22,23)20(11-14-7-4-10-24-14)12-16(21)19-15-8-2-5-13-6-3-9-18-17(13)15/h2-10H,11-12H2,1H3,(H,19,21). The van der Waals surface area contributed by atoms with Gasteiger partial charge in [0.1, 0.15) is 5.76 Å². The molecule has 0 fully saturated rings. The van der Waals surface area contributed by atoms with Crippen LogP contribution in [-0.4, -0.2) is 36.4 Å². The highest BCUT2D eigenvalue weighted by molar-refractivity contribution is 7.88. The van der Waals surface area contributed by atoms with Crippen LogP contribution in [0.1, 0.15) is 5.76 Å². The Balaban J connectivity index is 1.77. The van der Waals surface area contributed by atoms with Crippen molar-refractivity contribution in [3.8, 4) is 0 Å². The van der Waals surface area contributed by atoms with Gasteiger partial charge in [-0.05, 0) is 24.3 Å². The number of fused-ring (bicyclic) bond motifs is 1. The number of pyridine rings is 1. The van der Waals surface area contributed by atoms with Crippen LogP contribution in [0.2, 0.25) is 0 Å². The number of nitrogens with one attached hydrogen (secondary N) is 1. The van der Waals surface area contributed by atoms with Gasteiger partial charge in [-0.15, -0.1) is 0 Å². The van der Waals surface area contributed by atoms with Gasteiger partial charge in [-0.3, -0.25) is 9.78 Å². The lowest BCUT2D eigenvalue weighted by Gasteiger charge is -2.18. The number of nitrogens with zero attached hydrogens (tertiary/aromatic N) is 2. The van der Waals surface area contributed by atoms with Gasteiger partial charge in [-0.2, -0.15) is 4.31 Å². The van der Waals surface area contributed by atoms with E-state index in [1.54, 1.807) is 30.5 Å². The van der Waals surface area contributed by atoms with E-state index in [0.29, 0.717) is 17.0 Å². The van der Waals surface area contributed by atoms with E-state index in [-0.39, 0.29) is 13.1 Å². The molecule has 0 radical (unpaired) electrons. The fourth-order valence-corrected chi connectivity index (χ4v) is 3.14. The number of hydrogen-bond donors (Lipinski definition) is 1. The van der Waals surface area contributed by atoms with Crippen molar-refractivity contribution in [2.75, 3.05) is 18.1 Å². The number of sulfonamides is 1. The van der Waals surface area contributed by atoms with Crippen molar-refractivity contribution in [3.05, 3.63) is 60.7 Å². The fourth-order valence-electron chi connectivity index (χ4n) is 2.42. The van der Waals surface area contributed by atoms with E-state index in [1.807, 2.05) is 18.2 Å². The summed E-state index contributed by atoms with van der Waals surface area (Å²) >= 11 is 0. The number of benzene rings is 1. The largest absolute Gasteiger partial charge is 0.468 e.